The highest BCUT2D eigenvalue weighted by Gasteiger charge is 2.17. The van der Waals surface area contributed by atoms with Crippen LogP contribution in [-0.4, -0.2) is 23.5 Å². The summed E-state index contributed by atoms with van der Waals surface area (Å²) in [5.74, 6) is 0.479. The van der Waals surface area contributed by atoms with E-state index in [4.69, 9.17) is 9.47 Å². The standard InChI is InChI=1S/C10H14N2O3/c1-14-8-6-9(13)12(11-7-8)10-4-2-3-5-15-10/h6-7,10H,2-5H2,1H3. The highest BCUT2D eigenvalue weighted by atomic mass is 16.5. The Bertz CT molecular complexity index is 382. The van der Waals surface area contributed by atoms with Crippen molar-refractivity contribution in [1.82, 2.24) is 9.78 Å². The Labute approximate surface area is 87.6 Å². The molecule has 0 aliphatic carbocycles. The van der Waals surface area contributed by atoms with Crippen molar-refractivity contribution in [2.45, 2.75) is 25.5 Å². The number of hydrogen-bond donors (Lipinski definition) is 0. The van der Waals surface area contributed by atoms with Crippen molar-refractivity contribution in [3.63, 3.8) is 0 Å². The van der Waals surface area contributed by atoms with Crippen LogP contribution in [0.2, 0.25) is 0 Å². The van der Waals surface area contributed by atoms with E-state index in [9.17, 15) is 4.79 Å². The third-order valence-electron chi connectivity index (χ3n) is 2.47. The van der Waals surface area contributed by atoms with Crippen LogP contribution in [0.15, 0.2) is 17.1 Å². The Balaban J connectivity index is 2.24. The van der Waals surface area contributed by atoms with Gasteiger partial charge in [-0.2, -0.15) is 5.10 Å². The van der Waals surface area contributed by atoms with E-state index < -0.39 is 0 Å². The average molecular weight is 210 g/mol. The summed E-state index contributed by atoms with van der Waals surface area (Å²) in [6.07, 6.45) is 4.29. The molecular formula is C10H14N2O3. The van der Waals surface area contributed by atoms with Gasteiger partial charge in [0.1, 0.15) is 5.75 Å². The number of nitrogens with zero attached hydrogens (tertiary/aromatic N) is 2. The molecule has 0 radical (unpaired) electrons. The van der Waals surface area contributed by atoms with Crippen LogP contribution in [0.5, 0.6) is 5.75 Å². The molecule has 1 aliphatic rings. The fraction of sp³-hybridized carbons (Fsp3) is 0.600. The molecule has 0 N–H and O–H groups in total. The van der Waals surface area contributed by atoms with Crippen molar-refractivity contribution in [3.8, 4) is 5.75 Å². The molecule has 1 aromatic rings. The number of ether oxygens (including phenoxy) is 2. The minimum atomic E-state index is -0.211. The van der Waals surface area contributed by atoms with E-state index in [1.807, 2.05) is 0 Å². The van der Waals surface area contributed by atoms with Gasteiger partial charge in [0.2, 0.25) is 0 Å². The second-order valence-electron chi connectivity index (χ2n) is 3.50. The van der Waals surface area contributed by atoms with Gasteiger partial charge < -0.3 is 9.47 Å². The van der Waals surface area contributed by atoms with Crippen LogP contribution in [0.1, 0.15) is 25.5 Å². The lowest BCUT2D eigenvalue weighted by Crippen LogP contribution is -2.30. The van der Waals surface area contributed by atoms with Crippen molar-refractivity contribution >= 4 is 0 Å². The highest BCUT2D eigenvalue weighted by Crippen LogP contribution is 2.20. The molecule has 1 aromatic heterocycles. The summed E-state index contributed by atoms with van der Waals surface area (Å²) in [5.41, 5.74) is -0.179. The summed E-state index contributed by atoms with van der Waals surface area (Å²) in [7, 11) is 1.51. The molecule has 1 fully saturated rings. The van der Waals surface area contributed by atoms with Crippen molar-refractivity contribution < 1.29 is 9.47 Å². The number of rotatable bonds is 2. The van der Waals surface area contributed by atoms with Gasteiger partial charge in [-0.3, -0.25) is 4.79 Å². The molecule has 1 aliphatic heterocycles. The molecular weight excluding hydrogens is 196 g/mol. The largest absolute Gasteiger partial charge is 0.495 e. The van der Waals surface area contributed by atoms with Crippen LogP contribution < -0.4 is 10.3 Å². The molecule has 1 atom stereocenters. The molecule has 0 spiro atoms. The molecule has 82 valence electrons. The first-order chi connectivity index (χ1) is 7.31. The van der Waals surface area contributed by atoms with Gasteiger partial charge in [-0.1, -0.05) is 0 Å². The lowest BCUT2D eigenvalue weighted by molar-refractivity contribution is -0.0426. The first kappa shape index (κ1) is 10.2. The van der Waals surface area contributed by atoms with Gasteiger partial charge in [-0.15, -0.1) is 0 Å². The quantitative estimate of drug-likeness (QED) is 0.729. The first-order valence-electron chi connectivity index (χ1n) is 5.06. The summed E-state index contributed by atoms with van der Waals surface area (Å²) >= 11 is 0. The van der Waals surface area contributed by atoms with Crippen LogP contribution in [-0.2, 0) is 4.74 Å². The predicted molar refractivity (Wildman–Crippen MR) is 53.9 cm³/mol. The Kier molecular flexibility index (Phi) is 3.01. The summed E-state index contributed by atoms with van der Waals surface area (Å²) in [5, 5.41) is 4.03. The van der Waals surface area contributed by atoms with Crippen molar-refractivity contribution in [3.05, 3.63) is 22.6 Å². The van der Waals surface area contributed by atoms with Gasteiger partial charge in [0.25, 0.3) is 5.56 Å². The monoisotopic (exact) mass is 210 g/mol. The maximum absolute atomic E-state index is 11.6. The van der Waals surface area contributed by atoms with E-state index in [0.717, 1.165) is 19.3 Å². The van der Waals surface area contributed by atoms with Crippen molar-refractivity contribution in [2.75, 3.05) is 13.7 Å². The normalized spacial score (nSPS) is 21.3. The third kappa shape index (κ3) is 2.18. The summed E-state index contributed by atoms with van der Waals surface area (Å²) in [4.78, 5) is 11.6. The second kappa shape index (κ2) is 4.44. The van der Waals surface area contributed by atoms with E-state index in [-0.39, 0.29) is 11.8 Å². The lowest BCUT2D eigenvalue weighted by atomic mass is 10.2. The smallest absolute Gasteiger partial charge is 0.272 e. The predicted octanol–water partition coefficient (Wildman–Crippen LogP) is 0.951. The molecule has 0 saturated carbocycles. The van der Waals surface area contributed by atoms with E-state index in [2.05, 4.69) is 5.10 Å². The van der Waals surface area contributed by atoms with Crippen LogP contribution in [0.4, 0.5) is 0 Å². The maximum atomic E-state index is 11.6. The average Bonchev–Trinajstić information content (AvgIpc) is 2.30. The maximum Gasteiger partial charge on any atom is 0.272 e. The van der Waals surface area contributed by atoms with Crippen LogP contribution >= 0.6 is 0 Å². The fourth-order valence-corrected chi connectivity index (χ4v) is 1.65. The summed E-state index contributed by atoms with van der Waals surface area (Å²) in [6.45, 7) is 0.699. The van der Waals surface area contributed by atoms with E-state index >= 15 is 0 Å². The zero-order valence-electron chi connectivity index (χ0n) is 8.68. The van der Waals surface area contributed by atoms with Crippen LogP contribution in [0, 0.1) is 0 Å². The SMILES string of the molecule is COc1cnn(C2CCCCO2)c(=O)c1. The Morgan fingerprint density at radius 1 is 1.60 bits per heavy atom. The molecule has 1 saturated heterocycles. The molecule has 0 amide bonds. The Hall–Kier alpha value is -1.36. The molecule has 0 aromatic carbocycles. The van der Waals surface area contributed by atoms with E-state index in [1.54, 1.807) is 0 Å². The molecule has 2 heterocycles. The minimum Gasteiger partial charge on any atom is -0.495 e. The fourth-order valence-electron chi connectivity index (χ4n) is 1.65. The molecule has 5 nitrogen and oxygen atoms in total. The molecule has 15 heavy (non-hydrogen) atoms. The lowest BCUT2D eigenvalue weighted by Gasteiger charge is -2.23. The van der Waals surface area contributed by atoms with Crippen molar-refractivity contribution in [1.29, 1.82) is 0 Å². The van der Waals surface area contributed by atoms with Gasteiger partial charge in [-0.05, 0) is 19.3 Å². The van der Waals surface area contributed by atoms with Gasteiger partial charge >= 0.3 is 0 Å². The summed E-state index contributed by atoms with van der Waals surface area (Å²) in [6, 6.07) is 1.42. The first-order valence-corrected chi connectivity index (χ1v) is 5.06. The Morgan fingerprint density at radius 2 is 2.47 bits per heavy atom. The molecule has 1 unspecified atom stereocenters. The van der Waals surface area contributed by atoms with Gasteiger partial charge in [0.15, 0.2) is 6.23 Å². The van der Waals surface area contributed by atoms with Gasteiger partial charge in [0, 0.05) is 12.7 Å². The van der Waals surface area contributed by atoms with Gasteiger partial charge in [-0.25, -0.2) is 4.68 Å². The molecule has 5 heteroatoms. The minimum absolute atomic E-state index is 0.179. The zero-order chi connectivity index (χ0) is 10.7. The Morgan fingerprint density at radius 3 is 3.07 bits per heavy atom. The highest BCUT2D eigenvalue weighted by molar-refractivity contribution is 5.13. The number of methoxy groups -OCH3 is 1. The van der Waals surface area contributed by atoms with E-state index in [0.29, 0.717) is 12.4 Å². The van der Waals surface area contributed by atoms with Gasteiger partial charge in [0.05, 0.1) is 13.3 Å². The number of aromatic nitrogens is 2. The topological polar surface area (TPSA) is 53.4 Å². The second-order valence-corrected chi connectivity index (χ2v) is 3.50. The van der Waals surface area contributed by atoms with Crippen LogP contribution in [0.25, 0.3) is 0 Å². The van der Waals surface area contributed by atoms with E-state index in [1.165, 1.54) is 24.1 Å². The zero-order valence-corrected chi connectivity index (χ0v) is 8.68. The number of hydrogen-bond acceptors (Lipinski definition) is 4. The van der Waals surface area contributed by atoms with Crippen LogP contribution in [0.3, 0.4) is 0 Å². The molecule has 2 rings (SSSR count). The van der Waals surface area contributed by atoms with Crippen molar-refractivity contribution in [2.24, 2.45) is 0 Å². The third-order valence-corrected chi connectivity index (χ3v) is 2.47. The molecule has 0 bridgehead atoms. The summed E-state index contributed by atoms with van der Waals surface area (Å²) < 4.78 is 11.8.